The van der Waals surface area contributed by atoms with Gasteiger partial charge in [-0.05, 0) is 55.0 Å². The number of rotatable bonds is 6. The number of carbonyl (C=O) groups is 2. The number of anilines is 2. The Morgan fingerprint density at radius 2 is 1.94 bits per heavy atom. The Bertz CT molecular complexity index is 1490. The summed E-state index contributed by atoms with van der Waals surface area (Å²) in [6, 6.07) is 15.8. The van der Waals surface area contributed by atoms with E-state index in [1.807, 2.05) is 0 Å². The van der Waals surface area contributed by atoms with Crippen molar-refractivity contribution < 1.29 is 19.1 Å². The molecule has 2 aromatic heterocycles. The second kappa shape index (κ2) is 10.3. The van der Waals surface area contributed by atoms with Crippen molar-refractivity contribution in [1.29, 1.82) is 5.26 Å². The summed E-state index contributed by atoms with van der Waals surface area (Å²) in [5.74, 6) is -1.05. The number of phenols is 1. The van der Waals surface area contributed by atoms with Gasteiger partial charge in [0.15, 0.2) is 5.82 Å². The van der Waals surface area contributed by atoms with Crippen molar-refractivity contribution in [2.45, 2.75) is 13.0 Å². The summed E-state index contributed by atoms with van der Waals surface area (Å²) in [5.41, 5.74) is 8.03. The standard InChI is InChI=1S/C26H20ClN5O4/c1-14(29)25(34)30-18-4-2-3-15(9-18)20-11-22(19-6-5-17(27)10-23(19)33)31-24(21(20)12-28)32-26(35)16-7-8-36-13-16/h2-11,13-14,33H,29H2,1H3,(H,30,34)(H,31,32,35). The maximum atomic E-state index is 12.7. The van der Waals surface area contributed by atoms with E-state index >= 15 is 0 Å². The number of furan rings is 1. The molecule has 5 N–H and O–H groups in total. The van der Waals surface area contributed by atoms with E-state index in [1.54, 1.807) is 49.4 Å². The molecule has 9 nitrogen and oxygen atoms in total. The van der Waals surface area contributed by atoms with Crippen LogP contribution in [0.25, 0.3) is 22.4 Å². The zero-order valence-electron chi connectivity index (χ0n) is 18.9. The molecule has 0 saturated heterocycles. The third-order valence-corrected chi connectivity index (χ3v) is 5.47. The molecule has 0 aliphatic heterocycles. The number of phenolic OH excluding ortho intramolecular Hbond substituents is 1. The summed E-state index contributed by atoms with van der Waals surface area (Å²) in [6.45, 7) is 1.57. The van der Waals surface area contributed by atoms with Gasteiger partial charge in [-0.25, -0.2) is 4.98 Å². The first kappa shape index (κ1) is 24.5. The van der Waals surface area contributed by atoms with Crippen molar-refractivity contribution in [3.05, 3.63) is 83.3 Å². The van der Waals surface area contributed by atoms with E-state index < -0.39 is 11.9 Å². The number of nitrogens with one attached hydrogen (secondary N) is 2. The molecule has 0 fully saturated rings. The van der Waals surface area contributed by atoms with Crippen molar-refractivity contribution in [2.24, 2.45) is 5.73 Å². The normalized spacial score (nSPS) is 11.4. The number of pyridine rings is 1. The quantitative estimate of drug-likeness (QED) is 0.296. The zero-order valence-corrected chi connectivity index (χ0v) is 19.7. The Balaban J connectivity index is 1.88. The van der Waals surface area contributed by atoms with E-state index in [9.17, 15) is 20.0 Å². The summed E-state index contributed by atoms with van der Waals surface area (Å²) in [5, 5.41) is 26.2. The van der Waals surface area contributed by atoms with Crippen molar-refractivity contribution in [3.8, 4) is 34.2 Å². The van der Waals surface area contributed by atoms with Crippen LogP contribution in [0.5, 0.6) is 5.75 Å². The van der Waals surface area contributed by atoms with Gasteiger partial charge in [-0.15, -0.1) is 0 Å². The van der Waals surface area contributed by atoms with E-state index in [0.29, 0.717) is 27.4 Å². The topological polar surface area (TPSA) is 154 Å². The number of nitrogens with zero attached hydrogens (tertiary/aromatic N) is 2. The molecule has 180 valence electrons. The zero-order chi connectivity index (χ0) is 25.8. The first-order chi connectivity index (χ1) is 17.3. The number of aromatic hydroxyl groups is 1. The predicted octanol–water partition coefficient (Wildman–Crippen LogP) is 4.78. The average molecular weight is 502 g/mol. The molecule has 36 heavy (non-hydrogen) atoms. The van der Waals surface area contributed by atoms with Gasteiger partial charge in [-0.1, -0.05) is 23.7 Å². The minimum Gasteiger partial charge on any atom is -0.507 e. The van der Waals surface area contributed by atoms with Crippen LogP contribution < -0.4 is 16.4 Å². The molecular weight excluding hydrogens is 482 g/mol. The van der Waals surface area contributed by atoms with Crippen molar-refractivity contribution >= 4 is 34.9 Å². The molecule has 10 heteroatoms. The average Bonchev–Trinajstić information content (AvgIpc) is 3.39. The number of benzene rings is 2. The van der Waals surface area contributed by atoms with Crippen molar-refractivity contribution in [1.82, 2.24) is 4.98 Å². The van der Waals surface area contributed by atoms with Crippen LogP contribution >= 0.6 is 11.6 Å². The first-order valence-corrected chi connectivity index (χ1v) is 11.1. The highest BCUT2D eigenvalue weighted by Gasteiger charge is 2.20. The minimum absolute atomic E-state index is 0.0180. The molecule has 0 bridgehead atoms. The van der Waals surface area contributed by atoms with Gasteiger partial charge in [0.25, 0.3) is 5.91 Å². The molecule has 1 atom stereocenters. The van der Waals surface area contributed by atoms with Gasteiger partial charge in [0.1, 0.15) is 23.6 Å². The maximum absolute atomic E-state index is 12.7. The summed E-state index contributed by atoms with van der Waals surface area (Å²) < 4.78 is 4.97. The van der Waals surface area contributed by atoms with E-state index in [-0.39, 0.29) is 34.3 Å². The lowest BCUT2D eigenvalue weighted by Crippen LogP contribution is -2.32. The minimum atomic E-state index is -0.714. The van der Waals surface area contributed by atoms with Gasteiger partial charge in [-0.3, -0.25) is 9.59 Å². The number of carbonyl (C=O) groups excluding carboxylic acids is 2. The van der Waals surface area contributed by atoms with Crippen LogP contribution in [0.2, 0.25) is 5.02 Å². The fraction of sp³-hybridized carbons (Fsp3) is 0.0769. The Morgan fingerprint density at radius 3 is 2.61 bits per heavy atom. The van der Waals surface area contributed by atoms with Crippen LogP contribution in [0.15, 0.2) is 71.5 Å². The Morgan fingerprint density at radius 1 is 1.14 bits per heavy atom. The van der Waals surface area contributed by atoms with Crippen LogP contribution in [0.1, 0.15) is 22.8 Å². The number of nitrogens with two attached hydrogens (primary N) is 1. The predicted molar refractivity (Wildman–Crippen MR) is 135 cm³/mol. The van der Waals surface area contributed by atoms with E-state index in [4.69, 9.17) is 21.8 Å². The van der Waals surface area contributed by atoms with Crippen molar-refractivity contribution in [3.63, 3.8) is 0 Å². The van der Waals surface area contributed by atoms with Gasteiger partial charge < -0.3 is 25.9 Å². The number of hydrogen-bond donors (Lipinski definition) is 4. The molecule has 2 heterocycles. The fourth-order valence-electron chi connectivity index (χ4n) is 3.43. The molecular formula is C26H20ClN5O4. The third kappa shape index (κ3) is 5.20. The summed E-state index contributed by atoms with van der Waals surface area (Å²) in [6.07, 6.45) is 2.62. The first-order valence-electron chi connectivity index (χ1n) is 10.7. The highest BCUT2D eigenvalue weighted by molar-refractivity contribution is 6.30. The largest absolute Gasteiger partial charge is 0.507 e. The van der Waals surface area contributed by atoms with E-state index in [2.05, 4.69) is 21.7 Å². The number of aromatic nitrogens is 1. The second-order valence-corrected chi connectivity index (χ2v) is 8.31. The smallest absolute Gasteiger partial charge is 0.260 e. The van der Waals surface area contributed by atoms with Crippen LogP contribution in [0, 0.1) is 11.3 Å². The lowest BCUT2D eigenvalue weighted by Gasteiger charge is -2.15. The molecule has 0 aliphatic carbocycles. The molecule has 0 saturated carbocycles. The Labute approximate surface area is 211 Å². The molecule has 0 aliphatic rings. The van der Waals surface area contributed by atoms with Gasteiger partial charge in [0, 0.05) is 21.8 Å². The highest BCUT2D eigenvalue weighted by Crippen LogP contribution is 2.37. The number of amides is 2. The lowest BCUT2D eigenvalue weighted by molar-refractivity contribution is -0.117. The van der Waals surface area contributed by atoms with Gasteiger partial charge in [-0.2, -0.15) is 5.26 Å². The fourth-order valence-corrected chi connectivity index (χ4v) is 3.60. The van der Waals surface area contributed by atoms with E-state index in [0.717, 1.165) is 0 Å². The highest BCUT2D eigenvalue weighted by atomic mass is 35.5. The van der Waals surface area contributed by atoms with Crippen LogP contribution in [-0.4, -0.2) is 27.9 Å². The number of hydrogen-bond acceptors (Lipinski definition) is 7. The van der Waals surface area contributed by atoms with Gasteiger partial charge in [0.2, 0.25) is 5.91 Å². The number of halogens is 1. The monoisotopic (exact) mass is 501 g/mol. The number of nitriles is 1. The summed E-state index contributed by atoms with van der Waals surface area (Å²) in [7, 11) is 0. The molecule has 4 aromatic rings. The molecule has 0 spiro atoms. The van der Waals surface area contributed by atoms with Crippen LogP contribution in [0.4, 0.5) is 11.5 Å². The molecule has 1 unspecified atom stereocenters. The molecule has 2 aromatic carbocycles. The maximum Gasteiger partial charge on any atom is 0.260 e. The lowest BCUT2D eigenvalue weighted by atomic mass is 9.97. The molecule has 4 rings (SSSR count). The van der Waals surface area contributed by atoms with E-state index in [1.165, 1.54) is 24.7 Å². The van der Waals surface area contributed by atoms with Crippen molar-refractivity contribution in [2.75, 3.05) is 10.6 Å². The molecule has 0 radical (unpaired) electrons. The van der Waals surface area contributed by atoms with Gasteiger partial charge >= 0.3 is 0 Å². The molecule has 2 amide bonds. The second-order valence-electron chi connectivity index (χ2n) is 7.88. The van der Waals surface area contributed by atoms with Crippen LogP contribution in [-0.2, 0) is 4.79 Å². The summed E-state index contributed by atoms with van der Waals surface area (Å²) >= 11 is 5.98. The SMILES string of the molecule is CC(N)C(=O)Nc1cccc(-c2cc(-c3ccc(Cl)cc3O)nc(NC(=O)c3ccoc3)c2C#N)c1. The van der Waals surface area contributed by atoms with Crippen LogP contribution in [0.3, 0.4) is 0 Å². The van der Waals surface area contributed by atoms with Gasteiger partial charge in [0.05, 0.1) is 23.6 Å². The Hall–Kier alpha value is -4.65. The third-order valence-electron chi connectivity index (χ3n) is 5.24. The summed E-state index contributed by atoms with van der Waals surface area (Å²) in [4.78, 5) is 29.3. The Kier molecular flexibility index (Phi) is 7.01.